The van der Waals surface area contributed by atoms with Crippen molar-refractivity contribution in [3.05, 3.63) is 29.8 Å². The zero-order chi connectivity index (χ0) is 12.8. The first-order valence-electron chi connectivity index (χ1n) is 6.48. The number of amides is 1. The normalized spacial score (nSPS) is 15.5. The molecule has 0 bridgehead atoms. The second-order valence-corrected chi connectivity index (χ2v) is 4.40. The van der Waals surface area contributed by atoms with Crippen LogP contribution in [0.5, 0.6) is 0 Å². The number of anilines is 1. The van der Waals surface area contributed by atoms with Crippen LogP contribution in [0.1, 0.15) is 12.5 Å². The van der Waals surface area contributed by atoms with Gasteiger partial charge in [-0.05, 0) is 24.1 Å². The van der Waals surface area contributed by atoms with Gasteiger partial charge in [-0.3, -0.25) is 4.79 Å². The zero-order valence-corrected chi connectivity index (χ0v) is 10.8. The maximum Gasteiger partial charge on any atom is 0.242 e. The van der Waals surface area contributed by atoms with Crippen molar-refractivity contribution in [3.63, 3.8) is 0 Å². The van der Waals surface area contributed by atoms with E-state index in [1.54, 1.807) is 0 Å². The number of benzene rings is 1. The van der Waals surface area contributed by atoms with E-state index in [-0.39, 0.29) is 5.91 Å². The molecule has 1 fully saturated rings. The van der Waals surface area contributed by atoms with E-state index in [1.165, 1.54) is 5.56 Å². The SMILES string of the molecule is CCc1cccc(NCC(=O)N2CCOCC2)c1. The summed E-state index contributed by atoms with van der Waals surface area (Å²) in [6, 6.07) is 8.19. The molecule has 4 heteroatoms. The first kappa shape index (κ1) is 12.9. The molecule has 0 spiro atoms. The molecule has 0 saturated carbocycles. The average molecular weight is 248 g/mol. The third-order valence-corrected chi connectivity index (χ3v) is 3.14. The lowest BCUT2D eigenvalue weighted by Crippen LogP contribution is -2.43. The van der Waals surface area contributed by atoms with Crippen molar-refractivity contribution < 1.29 is 9.53 Å². The fourth-order valence-corrected chi connectivity index (χ4v) is 2.00. The van der Waals surface area contributed by atoms with Crippen LogP contribution in [0.15, 0.2) is 24.3 Å². The highest BCUT2D eigenvalue weighted by Crippen LogP contribution is 2.11. The number of carbonyl (C=O) groups excluding carboxylic acids is 1. The molecule has 1 aliphatic rings. The summed E-state index contributed by atoms with van der Waals surface area (Å²) in [4.78, 5) is 13.8. The van der Waals surface area contributed by atoms with E-state index in [0.29, 0.717) is 32.8 Å². The number of hydrogen-bond acceptors (Lipinski definition) is 3. The van der Waals surface area contributed by atoms with Gasteiger partial charge >= 0.3 is 0 Å². The van der Waals surface area contributed by atoms with Crippen molar-refractivity contribution in [1.29, 1.82) is 0 Å². The molecule has 1 heterocycles. The quantitative estimate of drug-likeness (QED) is 0.878. The van der Waals surface area contributed by atoms with Crippen LogP contribution in [0.2, 0.25) is 0 Å². The molecule has 2 rings (SSSR count). The van der Waals surface area contributed by atoms with Crippen molar-refractivity contribution in [2.24, 2.45) is 0 Å². The van der Waals surface area contributed by atoms with Gasteiger partial charge in [-0.1, -0.05) is 19.1 Å². The Balaban J connectivity index is 1.84. The van der Waals surface area contributed by atoms with Gasteiger partial charge in [0.25, 0.3) is 0 Å². The van der Waals surface area contributed by atoms with Gasteiger partial charge < -0.3 is 15.0 Å². The molecule has 18 heavy (non-hydrogen) atoms. The van der Waals surface area contributed by atoms with E-state index in [1.807, 2.05) is 17.0 Å². The summed E-state index contributed by atoms with van der Waals surface area (Å²) in [6.45, 7) is 5.18. The summed E-state index contributed by atoms with van der Waals surface area (Å²) < 4.78 is 5.23. The Hall–Kier alpha value is -1.55. The third kappa shape index (κ3) is 3.47. The van der Waals surface area contributed by atoms with Crippen LogP contribution in [-0.4, -0.2) is 43.7 Å². The fourth-order valence-electron chi connectivity index (χ4n) is 2.00. The van der Waals surface area contributed by atoms with Gasteiger partial charge in [-0.25, -0.2) is 0 Å². The van der Waals surface area contributed by atoms with E-state index in [4.69, 9.17) is 4.74 Å². The van der Waals surface area contributed by atoms with E-state index < -0.39 is 0 Å². The number of aryl methyl sites for hydroxylation is 1. The molecule has 1 aliphatic heterocycles. The lowest BCUT2D eigenvalue weighted by molar-refractivity contribution is -0.133. The van der Waals surface area contributed by atoms with Crippen LogP contribution in [0, 0.1) is 0 Å². The second kappa shape index (κ2) is 6.40. The minimum absolute atomic E-state index is 0.139. The van der Waals surface area contributed by atoms with Crippen molar-refractivity contribution in [2.75, 3.05) is 38.2 Å². The Kier molecular flexibility index (Phi) is 4.59. The van der Waals surface area contributed by atoms with E-state index in [2.05, 4.69) is 24.4 Å². The molecular weight excluding hydrogens is 228 g/mol. The van der Waals surface area contributed by atoms with Gasteiger partial charge in [0.2, 0.25) is 5.91 Å². The lowest BCUT2D eigenvalue weighted by Gasteiger charge is -2.27. The van der Waals surface area contributed by atoms with Crippen molar-refractivity contribution >= 4 is 11.6 Å². The summed E-state index contributed by atoms with van der Waals surface area (Å²) in [5, 5.41) is 3.18. The molecule has 1 aromatic rings. The molecule has 98 valence electrons. The van der Waals surface area contributed by atoms with Crippen LogP contribution in [0.4, 0.5) is 5.69 Å². The number of morpholine rings is 1. The molecule has 0 radical (unpaired) electrons. The van der Waals surface area contributed by atoms with Crippen LogP contribution in [-0.2, 0) is 16.0 Å². The minimum Gasteiger partial charge on any atom is -0.378 e. The Morgan fingerprint density at radius 3 is 2.89 bits per heavy atom. The fraction of sp³-hybridized carbons (Fsp3) is 0.500. The van der Waals surface area contributed by atoms with Crippen LogP contribution < -0.4 is 5.32 Å². The van der Waals surface area contributed by atoms with E-state index in [9.17, 15) is 4.79 Å². The third-order valence-electron chi connectivity index (χ3n) is 3.14. The van der Waals surface area contributed by atoms with Crippen molar-refractivity contribution in [1.82, 2.24) is 4.90 Å². The smallest absolute Gasteiger partial charge is 0.242 e. The van der Waals surface area contributed by atoms with Crippen LogP contribution in [0.3, 0.4) is 0 Å². The van der Waals surface area contributed by atoms with Crippen molar-refractivity contribution in [2.45, 2.75) is 13.3 Å². The molecular formula is C14H20N2O2. The van der Waals surface area contributed by atoms with E-state index in [0.717, 1.165) is 12.1 Å². The summed E-state index contributed by atoms with van der Waals surface area (Å²) in [5.74, 6) is 0.139. The summed E-state index contributed by atoms with van der Waals surface area (Å²) in [7, 11) is 0. The molecule has 1 N–H and O–H groups in total. The van der Waals surface area contributed by atoms with Gasteiger partial charge in [0, 0.05) is 18.8 Å². The lowest BCUT2D eigenvalue weighted by atomic mass is 10.1. The number of carbonyl (C=O) groups is 1. The highest BCUT2D eigenvalue weighted by molar-refractivity contribution is 5.81. The molecule has 1 aromatic carbocycles. The second-order valence-electron chi connectivity index (χ2n) is 4.40. The standard InChI is InChI=1S/C14H20N2O2/c1-2-12-4-3-5-13(10-12)15-11-14(17)16-6-8-18-9-7-16/h3-5,10,15H,2,6-9,11H2,1H3. The largest absolute Gasteiger partial charge is 0.378 e. The molecule has 1 saturated heterocycles. The molecule has 0 aliphatic carbocycles. The zero-order valence-electron chi connectivity index (χ0n) is 10.8. The summed E-state index contributed by atoms with van der Waals surface area (Å²) in [5.41, 5.74) is 2.29. The molecule has 1 amide bonds. The number of nitrogens with zero attached hydrogens (tertiary/aromatic N) is 1. The molecule has 0 atom stereocenters. The first-order chi connectivity index (χ1) is 8.79. The highest BCUT2D eigenvalue weighted by atomic mass is 16.5. The number of rotatable bonds is 4. The van der Waals surface area contributed by atoms with Gasteiger partial charge in [0.1, 0.15) is 0 Å². The predicted octanol–water partition coefficient (Wildman–Crippen LogP) is 1.52. The number of ether oxygens (including phenoxy) is 1. The number of nitrogens with one attached hydrogen (secondary N) is 1. The molecule has 4 nitrogen and oxygen atoms in total. The van der Waals surface area contributed by atoms with Gasteiger partial charge in [-0.15, -0.1) is 0 Å². The topological polar surface area (TPSA) is 41.6 Å². The van der Waals surface area contributed by atoms with E-state index >= 15 is 0 Å². The summed E-state index contributed by atoms with van der Waals surface area (Å²) >= 11 is 0. The molecule has 0 unspecified atom stereocenters. The van der Waals surface area contributed by atoms with Crippen LogP contribution in [0.25, 0.3) is 0 Å². The Labute approximate surface area is 108 Å². The maximum absolute atomic E-state index is 11.9. The van der Waals surface area contributed by atoms with Crippen LogP contribution >= 0.6 is 0 Å². The predicted molar refractivity (Wildman–Crippen MR) is 71.7 cm³/mol. The Bertz CT molecular complexity index is 401. The van der Waals surface area contributed by atoms with Gasteiger partial charge in [0.05, 0.1) is 19.8 Å². The monoisotopic (exact) mass is 248 g/mol. The Morgan fingerprint density at radius 2 is 2.17 bits per heavy atom. The highest BCUT2D eigenvalue weighted by Gasteiger charge is 2.15. The number of hydrogen-bond donors (Lipinski definition) is 1. The van der Waals surface area contributed by atoms with Gasteiger partial charge in [-0.2, -0.15) is 0 Å². The average Bonchev–Trinajstić information content (AvgIpc) is 2.46. The Morgan fingerprint density at radius 1 is 1.39 bits per heavy atom. The van der Waals surface area contributed by atoms with Crippen molar-refractivity contribution in [3.8, 4) is 0 Å². The summed E-state index contributed by atoms with van der Waals surface area (Å²) in [6.07, 6.45) is 1.01. The minimum atomic E-state index is 0.139. The maximum atomic E-state index is 11.9. The first-order valence-corrected chi connectivity index (χ1v) is 6.48. The molecule has 0 aromatic heterocycles. The van der Waals surface area contributed by atoms with Gasteiger partial charge in [0.15, 0.2) is 0 Å².